The van der Waals surface area contributed by atoms with Gasteiger partial charge >= 0.3 is 0 Å². The summed E-state index contributed by atoms with van der Waals surface area (Å²) in [5.41, 5.74) is 0.516. The first-order valence-electron chi connectivity index (χ1n) is 7.15. The molecule has 1 aromatic heterocycles. The molecule has 1 amide bonds. The van der Waals surface area contributed by atoms with Crippen molar-refractivity contribution in [3.8, 4) is 11.4 Å². The van der Waals surface area contributed by atoms with Crippen molar-refractivity contribution in [1.82, 2.24) is 20.2 Å². The second-order valence-electron chi connectivity index (χ2n) is 5.09. The van der Waals surface area contributed by atoms with Crippen LogP contribution in [0, 0.1) is 11.6 Å². The number of carbonyl (C=O) groups is 1. The van der Waals surface area contributed by atoms with Crippen LogP contribution in [-0.2, 0) is 4.79 Å². The van der Waals surface area contributed by atoms with E-state index < -0.39 is 23.6 Å². The number of carbonyl (C=O) groups excluding carboxylic acids is 1. The Bertz CT molecular complexity index is 880. The normalized spacial score (nSPS) is 12.0. The van der Waals surface area contributed by atoms with E-state index in [0.29, 0.717) is 5.56 Å². The fraction of sp³-hybridized carbons (Fsp3) is 0.125. The lowest BCUT2D eigenvalue weighted by molar-refractivity contribution is -0.119. The van der Waals surface area contributed by atoms with Crippen LogP contribution in [0.4, 0.5) is 14.5 Å². The highest BCUT2D eigenvalue weighted by Gasteiger charge is 2.20. The highest BCUT2D eigenvalue weighted by Crippen LogP contribution is 2.17. The maximum Gasteiger partial charge on any atom is 0.250 e. The molecule has 0 bridgehead atoms. The number of anilines is 1. The lowest BCUT2D eigenvalue weighted by atomic mass is 10.2. The first-order chi connectivity index (χ1) is 11.5. The molecule has 0 aliphatic heterocycles. The molecule has 3 rings (SSSR count). The molecule has 3 aromatic rings. The van der Waals surface area contributed by atoms with Crippen LogP contribution >= 0.6 is 0 Å². The van der Waals surface area contributed by atoms with Crippen molar-refractivity contribution in [1.29, 1.82) is 0 Å². The molecule has 0 saturated carbocycles. The van der Waals surface area contributed by atoms with Gasteiger partial charge in [-0.1, -0.05) is 24.3 Å². The summed E-state index contributed by atoms with van der Waals surface area (Å²) in [5, 5.41) is 14.2. The molecule has 0 unspecified atom stereocenters. The van der Waals surface area contributed by atoms with Gasteiger partial charge in [0.05, 0.1) is 5.69 Å². The van der Waals surface area contributed by atoms with Crippen LogP contribution in [0.2, 0.25) is 0 Å². The zero-order valence-electron chi connectivity index (χ0n) is 12.6. The van der Waals surface area contributed by atoms with E-state index in [-0.39, 0.29) is 11.5 Å². The number of rotatable bonds is 4. The monoisotopic (exact) mass is 329 g/mol. The van der Waals surface area contributed by atoms with Gasteiger partial charge in [-0.05, 0) is 36.4 Å². The Morgan fingerprint density at radius 3 is 2.71 bits per heavy atom. The van der Waals surface area contributed by atoms with Crippen LogP contribution in [0.15, 0.2) is 48.5 Å². The minimum absolute atomic E-state index is 0.0693. The van der Waals surface area contributed by atoms with Crippen LogP contribution in [0.3, 0.4) is 0 Å². The van der Waals surface area contributed by atoms with Gasteiger partial charge in [-0.2, -0.15) is 4.80 Å². The Kier molecular flexibility index (Phi) is 4.28. The molecule has 2 aromatic carbocycles. The maximum absolute atomic E-state index is 13.6. The third-order valence-corrected chi connectivity index (χ3v) is 3.37. The third-order valence-electron chi connectivity index (χ3n) is 3.37. The van der Waals surface area contributed by atoms with Crippen LogP contribution < -0.4 is 5.32 Å². The Labute approximate surface area is 136 Å². The number of halogens is 2. The molecule has 122 valence electrons. The minimum atomic E-state index is -0.820. The lowest BCUT2D eigenvalue weighted by Gasteiger charge is -2.11. The summed E-state index contributed by atoms with van der Waals surface area (Å²) in [5.74, 6) is -1.26. The minimum Gasteiger partial charge on any atom is -0.322 e. The number of hydrogen-bond donors (Lipinski definition) is 1. The van der Waals surface area contributed by atoms with E-state index in [1.165, 1.54) is 36.4 Å². The molecule has 0 radical (unpaired) electrons. The van der Waals surface area contributed by atoms with Crippen molar-refractivity contribution in [2.75, 3.05) is 5.32 Å². The van der Waals surface area contributed by atoms with Gasteiger partial charge in [-0.3, -0.25) is 4.79 Å². The molecule has 1 heterocycles. The first-order valence-corrected chi connectivity index (χ1v) is 7.15. The number of nitrogens with one attached hydrogen (secondary N) is 1. The van der Waals surface area contributed by atoms with E-state index in [0.717, 1.165) is 4.80 Å². The van der Waals surface area contributed by atoms with Gasteiger partial charge in [0.1, 0.15) is 17.7 Å². The molecule has 0 spiro atoms. The SMILES string of the molecule is C[C@@H](C(=O)Nc1ccccc1F)n1nnc(-c2cccc(F)c2)n1. The predicted molar refractivity (Wildman–Crippen MR) is 83.0 cm³/mol. The summed E-state index contributed by atoms with van der Waals surface area (Å²) < 4.78 is 26.8. The second kappa shape index (κ2) is 6.53. The largest absolute Gasteiger partial charge is 0.322 e. The van der Waals surface area contributed by atoms with Gasteiger partial charge in [0, 0.05) is 5.56 Å². The molecule has 0 aliphatic rings. The van der Waals surface area contributed by atoms with E-state index in [9.17, 15) is 13.6 Å². The molecule has 6 nitrogen and oxygen atoms in total. The first kappa shape index (κ1) is 15.7. The average Bonchev–Trinajstić information content (AvgIpc) is 3.06. The van der Waals surface area contributed by atoms with E-state index in [4.69, 9.17) is 0 Å². The summed E-state index contributed by atoms with van der Waals surface area (Å²) in [7, 11) is 0. The number of amides is 1. The summed E-state index contributed by atoms with van der Waals surface area (Å²) in [6.07, 6.45) is 0. The number of para-hydroxylation sites is 1. The number of aromatic nitrogens is 4. The maximum atomic E-state index is 13.6. The Hall–Kier alpha value is -3.16. The summed E-state index contributed by atoms with van der Waals surface area (Å²) >= 11 is 0. The predicted octanol–water partition coefficient (Wildman–Crippen LogP) is 2.82. The van der Waals surface area contributed by atoms with Crippen molar-refractivity contribution in [2.45, 2.75) is 13.0 Å². The number of nitrogens with zero attached hydrogens (tertiary/aromatic N) is 4. The zero-order valence-corrected chi connectivity index (χ0v) is 12.6. The van der Waals surface area contributed by atoms with Gasteiger partial charge in [0.15, 0.2) is 0 Å². The van der Waals surface area contributed by atoms with Gasteiger partial charge in [0.2, 0.25) is 5.82 Å². The van der Waals surface area contributed by atoms with E-state index in [2.05, 4.69) is 20.7 Å². The van der Waals surface area contributed by atoms with Gasteiger partial charge in [-0.15, -0.1) is 10.2 Å². The summed E-state index contributed by atoms with van der Waals surface area (Å²) in [6.45, 7) is 1.55. The average molecular weight is 329 g/mol. The number of hydrogen-bond acceptors (Lipinski definition) is 4. The quantitative estimate of drug-likeness (QED) is 0.799. The molecular formula is C16H13F2N5O. The highest BCUT2D eigenvalue weighted by molar-refractivity contribution is 5.93. The fourth-order valence-corrected chi connectivity index (χ4v) is 2.04. The Balaban J connectivity index is 1.77. The van der Waals surface area contributed by atoms with Crippen LogP contribution in [-0.4, -0.2) is 26.1 Å². The zero-order chi connectivity index (χ0) is 17.1. The second-order valence-corrected chi connectivity index (χ2v) is 5.09. The Morgan fingerprint density at radius 2 is 1.96 bits per heavy atom. The van der Waals surface area contributed by atoms with Crippen LogP contribution in [0.25, 0.3) is 11.4 Å². The van der Waals surface area contributed by atoms with Crippen molar-refractivity contribution in [3.05, 3.63) is 60.2 Å². The van der Waals surface area contributed by atoms with Crippen LogP contribution in [0.5, 0.6) is 0 Å². The third kappa shape index (κ3) is 3.27. The molecule has 0 aliphatic carbocycles. The van der Waals surface area contributed by atoms with Crippen LogP contribution in [0.1, 0.15) is 13.0 Å². The van der Waals surface area contributed by atoms with E-state index >= 15 is 0 Å². The van der Waals surface area contributed by atoms with Crippen molar-refractivity contribution in [2.24, 2.45) is 0 Å². The molecule has 24 heavy (non-hydrogen) atoms. The van der Waals surface area contributed by atoms with Gasteiger partial charge < -0.3 is 5.32 Å². The van der Waals surface area contributed by atoms with Crippen molar-refractivity contribution < 1.29 is 13.6 Å². The molecular weight excluding hydrogens is 316 g/mol. The summed E-state index contributed by atoms with van der Waals surface area (Å²) in [4.78, 5) is 13.3. The molecule has 1 N–H and O–H groups in total. The number of benzene rings is 2. The van der Waals surface area contributed by atoms with Crippen molar-refractivity contribution >= 4 is 11.6 Å². The van der Waals surface area contributed by atoms with E-state index in [1.54, 1.807) is 19.1 Å². The number of tetrazole rings is 1. The lowest BCUT2D eigenvalue weighted by Crippen LogP contribution is -2.25. The molecule has 0 saturated heterocycles. The fourth-order valence-electron chi connectivity index (χ4n) is 2.04. The van der Waals surface area contributed by atoms with Gasteiger partial charge in [-0.25, -0.2) is 8.78 Å². The van der Waals surface area contributed by atoms with E-state index in [1.807, 2.05) is 0 Å². The summed E-state index contributed by atoms with van der Waals surface area (Å²) in [6, 6.07) is 10.7. The Morgan fingerprint density at radius 1 is 1.17 bits per heavy atom. The molecule has 8 heteroatoms. The molecule has 0 fully saturated rings. The standard InChI is InChI=1S/C16H13F2N5O/c1-10(16(24)19-14-8-3-2-7-13(14)18)23-21-15(20-22-23)11-5-4-6-12(17)9-11/h2-10H,1H3,(H,19,24)/t10-/m0/s1. The van der Waals surface area contributed by atoms with Gasteiger partial charge in [0.25, 0.3) is 5.91 Å². The van der Waals surface area contributed by atoms with Crippen molar-refractivity contribution in [3.63, 3.8) is 0 Å². The smallest absolute Gasteiger partial charge is 0.250 e. The highest BCUT2D eigenvalue weighted by atomic mass is 19.1. The topological polar surface area (TPSA) is 72.7 Å². The molecule has 1 atom stereocenters.